The predicted molar refractivity (Wildman–Crippen MR) is 75.9 cm³/mol. The van der Waals surface area contributed by atoms with Crippen molar-refractivity contribution in [1.82, 2.24) is 9.88 Å². The monoisotopic (exact) mass is 273 g/mol. The minimum Gasteiger partial charge on any atom is -0.394 e. The molecular weight excluding hydrogens is 254 g/mol. The molecule has 1 aliphatic rings. The lowest BCUT2D eigenvalue weighted by Crippen LogP contribution is -2.40. The summed E-state index contributed by atoms with van der Waals surface area (Å²) in [5, 5.41) is 9.46. The predicted octanol–water partition coefficient (Wildman–Crippen LogP) is 0.235. The largest absolute Gasteiger partial charge is 0.394 e. The van der Waals surface area contributed by atoms with Crippen LogP contribution in [0, 0.1) is 17.8 Å². The molecule has 1 aliphatic heterocycles. The number of aliphatic hydroxyl groups excluding tert-OH is 1. The zero-order valence-electron chi connectivity index (χ0n) is 11.5. The molecule has 2 unspecified atom stereocenters. The molecule has 1 amide bonds. The van der Waals surface area contributed by atoms with E-state index < -0.39 is 0 Å². The Hall–Kier alpha value is -1.90. The van der Waals surface area contributed by atoms with Crippen LogP contribution in [0.25, 0.3) is 0 Å². The third-order valence-electron chi connectivity index (χ3n) is 3.71. The zero-order chi connectivity index (χ0) is 14.5. The summed E-state index contributed by atoms with van der Waals surface area (Å²) in [5.41, 5.74) is 6.47. The first-order valence-electron chi connectivity index (χ1n) is 6.73. The normalized spacial score (nSPS) is 21.4. The maximum atomic E-state index is 12.6. The topological polar surface area (TPSA) is 79.5 Å². The van der Waals surface area contributed by atoms with E-state index in [1.54, 1.807) is 23.4 Å². The molecule has 2 heterocycles. The number of amides is 1. The Morgan fingerprint density at radius 1 is 1.65 bits per heavy atom. The summed E-state index contributed by atoms with van der Waals surface area (Å²) in [5.74, 6) is 5.83. The van der Waals surface area contributed by atoms with Crippen LogP contribution in [0.5, 0.6) is 0 Å². The van der Waals surface area contributed by atoms with Gasteiger partial charge in [0.2, 0.25) is 0 Å². The third kappa shape index (κ3) is 2.82. The second-order valence-electron chi connectivity index (χ2n) is 4.94. The van der Waals surface area contributed by atoms with Crippen LogP contribution in [0.3, 0.4) is 0 Å². The fraction of sp³-hybridized carbons (Fsp3) is 0.467. The maximum Gasteiger partial charge on any atom is 0.255 e. The van der Waals surface area contributed by atoms with E-state index in [4.69, 9.17) is 5.73 Å². The highest BCUT2D eigenvalue weighted by Crippen LogP contribution is 2.25. The first kappa shape index (κ1) is 14.5. The fourth-order valence-corrected chi connectivity index (χ4v) is 2.52. The molecule has 1 aromatic heterocycles. The van der Waals surface area contributed by atoms with Crippen LogP contribution in [0.15, 0.2) is 18.5 Å². The van der Waals surface area contributed by atoms with Gasteiger partial charge in [-0.15, -0.1) is 0 Å². The van der Waals surface area contributed by atoms with E-state index in [0.717, 1.165) is 6.42 Å². The third-order valence-corrected chi connectivity index (χ3v) is 3.71. The van der Waals surface area contributed by atoms with Crippen molar-refractivity contribution in [3.63, 3.8) is 0 Å². The number of pyridine rings is 1. The number of carbonyl (C=O) groups is 1. The summed E-state index contributed by atoms with van der Waals surface area (Å²) in [6.45, 7) is 2.94. The van der Waals surface area contributed by atoms with Gasteiger partial charge in [-0.2, -0.15) is 0 Å². The Balaban J connectivity index is 2.30. The van der Waals surface area contributed by atoms with E-state index >= 15 is 0 Å². The van der Waals surface area contributed by atoms with Crippen molar-refractivity contribution in [1.29, 1.82) is 0 Å². The first-order chi connectivity index (χ1) is 9.69. The van der Waals surface area contributed by atoms with Gasteiger partial charge in [-0.1, -0.05) is 18.8 Å². The van der Waals surface area contributed by atoms with Gasteiger partial charge in [-0.05, 0) is 18.4 Å². The molecule has 0 aliphatic carbocycles. The average molecular weight is 273 g/mol. The number of nitrogens with zero attached hydrogens (tertiary/aromatic N) is 2. The van der Waals surface area contributed by atoms with Crippen LogP contribution >= 0.6 is 0 Å². The van der Waals surface area contributed by atoms with E-state index in [9.17, 15) is 9.90 Å². The molecule has 0 spiro atoms. The number of hydrogen-bond donors (Lipinski definition) is 2. The van der Waals surface area contributed by atoms with Crippen molar-refractivity contribution in [3.05, 3.63) is 29.6 Å². The van der Waals surface area contributed by atoms with Crippen molar-refractivity contribution >= 4 is 5.91 Å². The van der Waals surface area contributed by atoms with Crippen LogP contribution in [-0.2, 0) is 0 Å². The van der Waals surface area contributed by atoms with Crippen LogP contribution < -0.4 is 5.73 Å². The molecule has 1 fully saturated rings. The minimum atomic E-state index is -0.119. The fourth-order valence-electron chi connectivity index (χ4n) is 2.52. The summed E-state index contributed by atoms with van der Waals surface area (Å²) in [7, 11) is 0. The molecule has 1 aromatic rings. The Bertz CT molecular complexity index is 548. The van der Waals surface area contributed by atoms with Crippen LogP contribution in [0.1, 0.15) is 29.3 Å². The van der Waals surface area contributed by atoms with Crippen LogP contribution in [0.2, 0.25) is 0 Å². The Morgan fingerprint density at radius 2 is 2.45 bits per heavy atom. The molecule has 20 heavy (non-hydrogen) atoms. The summed E-state index contributed by atoms with van der Waals surface area (Å²) in [4.78, 5) is 18.4. The van der Waals surface area contributed by atoms with Crippen molar-refractivity contribution in [2.45, 2.75) is 19.4 Å². The number of aromatic nitrogens is 1. The lowest BCUT2D eigenvalue weighted by molar-refractivity contribution is 0.0648. The summed E-state index contributed by atoms with van der Waals surface area (Å²) >= 11 is 0. The molecule has 106 valence electrons. The quantitative estimate of drug-likeness (QED) is 0.756. The molecule has 5 heteroatoms. The molecule has 2 rings (SSSR count). The molecule has 1 saturated heterocycles. The Labute approximate surface area is 118 Å². The lowest BCUT2D eigenvalue weighted by atomic mass is 10.0. The second-order valence-corrected chi connectivity index (χ2v) is 4.94. The number of rotatable bonds is 2. The van der Waals surface area contributed by atoms with Crippen LogP contribution in [0.4, 0.5) is 0 Å². The SMILES string of the molecule is CC1CCN(C(=O)c2ccncc2C#CCN)C1CO. The summed E-state index contributed by atoms with van der Waals surface area (Å²) in [6.07, 6.45) is 4.06. The van der Waals surface area contributed by atoms with E-state index in [2.05, 4.69) is 23.7 Å². The van der Waals surface area contributed by atoms with Gasteiger partial charge in [-0.25, -0.2) is 0 Å². The average Bonchev–Trinajstić information content (AvgIpc) is 2.85. The van der Waals surface area contributed by atoms with Crippen molar-refractivity contribution in [2.75, 3.05) is 19.7 Å². The number of likely N-dealkylation sites (tertiary alicyclic amines) is 1. The number of hydrogen-bond acceptors (Lipinski definition) is 4. The number of nitrogens with two attached hydrogens (primary N) is 1. The van der Waals surface area contributed by atoms with Crippen molar-refractivity contribution in [2.24, 2.45) is 11.7 Å². The number of carbonyl (C=O) groups excluding carboxylic acids is 1. The van der Waals surface area contributed by atoms with E-state index in [1.165, 1.54) is 0 Å². The maximum absolute atomic E-state index is 12.6. The molecule has 0 radical (unpaired) electrons. The van der Waals surface area contributed by atoms with E-state index in [-0.39, 0.29) is 25.1 Å². The van der Waals surface area contributed by atoms with Gasteiger partial charge < -0.3 is 15.7 Å². The zero-order valence-corrected chi connectivity index (χ0v) is 11.5. The Kier molecular flexibility index (Phi) is 4.72. The van der Waals surface area contributed by atoms with Crippen molar-refractivity contribution in [3.8, 4) is 11.8 Å². The van der Waals surface area contributed by atoms with Gasteiger partial charge in [0.1, 0.15) is 0 Å². The van der Waals surface area contributed by atoms with Gasteiger partial charge in [-0.3, -0.25) is 9.78 Å². The lowest BCUT2D eigenvalue weighted by Gasteiger charge is -2.25. The first-order valence-corrected chi connectivity index (χ1v) is 6.73. The minimum absolute atomic E-state index is 0.0121. The van der Waals surface area contributed by atoms with Crippen LogP contribution in [-0.4, -0.2) is 46.6 Å². The highest BCUT2D eigenvalue weighted by atomic mass is 16.3. The molecule has 0 aromatic carbocycles. The Morgan fingerprint density at radius 3 is 3.15 bits per heavy atom. The molecule has 0 saturated carbocycles. The standard InChI is InChI=1S/C15H19N3O2/c1-11-5-8-18(14(11)10-19)15(20)13-4-7-17-9-12(13)3-2-6-16/h4,7,9,11,14,19H,5-6,8,10,16H2,1H3. The van der Waals surface area contributed by atoms with Gasteiger partial charge in [0.05, 0.1) is 30.3 Å². The molecule has 3 N–H and O–H groups in total. The van der Waals surface area contributed by atoms with Gasteiger partial charge >= 0.3 is 0 Å². The van der Waals surface area contributed by atoms with E-state index in [0.29, 0.717) is 23.6 Å². The van der Waals surface area contributed by atoms with Gasteiger partial charge in [0.25, 0.3) is 5.91 Å². The molecular formula is C15H19N3O2. The highest BCUT2D eigenvalue weighted by molar-refractivity contribution is 5.97. The van der Waals surface area contributed by atoms with Gasteiger partial charge in [0, 0.05) is 18.9 Å². The highest BCUT2D eigenvalue weighted by Gasteiger charge is 2.34. The smallest absolute Gasteiger partial charge is 0.255 e. The van der Waals surface area contributed by atoms with E-state index in [1.807, 2.05) is 0 Å². The summed E-state index contributed by atoms with van der Waals surface area (Å²) < 4.78 is 0. The molecule has 5 nitrogen and oxygen atoms in total. The summed E-state index contributed by atoms with van der Waals surface area (Å²) in [6, 6.07) is 1.55. The van der Waals surface area contributed by atoms with Gasteiger partial charge in [0.15, 0.2) is 0 Å². The molecule has 0 bridgehead atoms. The number of aliphatic hydroxyl groups is 1. The van der Waals surface area contributed by atoms with Crippen molar-refractivity contribution < 1.29 is 9.90 Å². The second kappa shape index (κ2) is 6.51. The molecule has 2 atom stereocenters.